The topological polar surface area (TPSA) is 46.5 Å². The van der Waals surface area contributed by atoms with Crippen LogP contribution in [0.4, 0.5) is 0 Å². The molecular formula is C10H16O3. The molecule has 2 aliphatic rings. The van der Waals surface area contributed by atoms with Gasteiger partial charge in [0.25, 0.3) is 0 Å². The molecule has 1 N–H and O–H groups in total. The lowest BCUT2D eigenvalue weighted by atomic mass is 9.80. The largest absolute Gasteiger partial charge is 0.479 e. The predicted molar refractivity (Wildman–Crippen MR) is 47.5 cm³/mol. The molecule has 74 valence electrons. The maximum Gasteiger partial charge on any atom is 0.332 e. The highest BCUT2D eigenvalue weighted by molar-refractivity contribution is 5.72. The fraction of sp³-hybridized carbons (Fsp3) is 0.900. The number of rotatable bonds is 1. The van der Waals surface area contributed by atoms with Crippen molar-refractivity contribution >= 4 is 5.97 Å². The maximum absolute atomic E-state index is 10.6. The van der Waals surface area contributed by atoms with Crippen LogP contribution in [0.15, 0.2) is 0 Å². The summed E-state index contributed by atoms with van der Waals surface area (Å²) in [7, 11) is 0. The zero-order valence-electron chi connectivity index (χ0n) is 7.79. The van der Waals surface area contributed by atoms with E-state index >= 15 is 0 Å². The van der Waals surface area contributed by atoms with E-state index in [0.29, 0.717) is 18.4 Å². The highest BCUT2D eigenvalue weighted by Crippen LogP contribution is 2.45. The van der Waals surface area contributed by atoms with Crippen LogP contribution in [0.1, 0.15) is 38.5 Å². The maximum atomic E-state index is 10.6. The molecule has 3 heteroatoms. The molecule has 1 saturated heterocycles. The van der Waals surface area contributed by atoms with Crippen molar-refractivity contribution in [1.82, 2.24) is 0 Å². The van der Waals surface area contributed by atoms with Gasteiger partial charge in [-0.15, -0.1) is 0 Å². The van der Waals surface area contributed by atoms with Crippen LogP contribution in [-0.4, -0.2) is 23.8 Å². The van der Waals surface area contributed by atoms with E-state index in [0.717, 1.165) is 6.42 Å². The number of ether oxygens (including phenoxy) is 1. The molecule has 1 aliphatic heterocycles. The smallest absolute Gasteiger partial charge is 0.332 e. The Morgan fingerprint density at radius 2 is 2.00 bits per heavy atom. The minimum atomic E-state index is -0.798. The first-order chi connectivity index (χ1) is 6.22. The normalized spacial score (nSPS) is 32.2. The summed E-state index contributed by atoms with van der Waals surface area (Å²) in [6, 6.07) is 0. The van der Waals surface area contributed by atoms with Crippen molar-refractivity contribution in [2.75, 3.05) is 6.61 Å². The number of hydrogen-bond acceptors (Lipinski definition) is 2. The SMILES string of the molecule is O=C(O)C1CCC2(CCCC2)CO1. The van der Waals surface area contributed by atoms with E-state index in [4.69, 9.17) is 9.84 Å². The van der Waals surface area contributed by atoms with E-state index in [1.165, 1.54) is 25.7 Å². The molecule has 0 aromatic rings. The molecule has 3 nitrogen and oxygen atoms in total. The first-order valence-electron chi connectivity index (χ1n) is 5.06. The lowest BCUT2D eigenvalue weighted by molar-refractivity contribution is -0.159. The van der Waals surface area contributed by atoms with Crippen LogP contribution >= 0.6 is 0 Å². The lowest BCUT2D eigenvalue weighted by Gasteiger charge is -2.35. The molecule has 0 bridgehead atoms. The fourth-order valence-electron chi connectivity index (χ4n) is 2.58. The molecule has 2 fully saturated rings. The van der Waals surface area contributed by atoms with Crippen molar-refractivity contribution in [2.24, 2.45) is 5.41 Å². The summed E-state index contributed by atoms with van der Waals surface area (Å²) in [5.74, 6) is -0.798. The third-order valence-electron chi connectivity index (χ3n) is 3.47. The quantitative estimate of drug-likeness (QED) is 0.676. The van der Waals surface area contributed by atoms with Gasteiger partial charge in [-0.2, -0.15) is 0 Å². The monoisotopic (exact) mass is 184 g/mol. The minimum absolute atomic E-state index is 0.353. The average Bonchev–Trinajstić information content (AvgIpc) is 2.54. The second-order valence-corrected chi connectivity index (χ2v) is 4.38. The van der Waals surface area contributed by atoms with E-state index < -0.39 is 12.1 Å². The van der Waals surface area contributed by atoms with Crippen molar-refractivity contribution < 1.29 is 14.6 Å². The Morgan fingerprint density at radius 3 is 2.46 bits per heavy atom. The predicted octanol–water partition coefficient (Wildman–Crippen LogP) is 1.81. The van der Waals surface area contributed by atoms with Crippen molar-refractivity contribution in [3.8, 4) is 0 Å². The van der Waals surface area contributed by atoms with Gasteiger partial charge >= 0.3 is 5.97 Å². The Labute approximate surface area is 78.1 Å². The summed E-state index contributed by atoms with van der Waals surface area (Å²) in [5, 5.41) is 8.74. The Hall–Kier alpha value is -0.570. The van der Waals surface area contributed by atoms with Crippen LogP contribution < -0.4 is 0 Å². The van der Waals surface area contributed by atoms with Gasteiger partial charge in [-0.25, -0.2) is 4.79 Å². The van der Waals surface area contributed by atoms with Crippen LogP contribution in [0.25, 0.3) is 0 Å². The number of carboxylic acids is 1. The van der Waals surface area contributed by atoms with Gasteiger partial charge in [0.05, 0.1) is 6.61 Å². The van der Waals surface area contributed by atoms with Gasteiger partial charge in [0.2, 0.25) is 0 Å². The third kappa shape index (κ3) is 1.70. The van der Waals surface area contributed by atoms with E-state index in [9.17, 15) is 4.79 Å². The number of hydrogen-bond donors (Lipinski definition) is 1. The highest BCUT2D eigenvalue weighted by atomic mass is 16.5. The zero-order valence-corrected chi connectivity index (χ0v) is 7.79. The summed E-state index contributed by atoms with van der Waals surface area (Å²) in [5.41, 5.74) is 0.353. The summed E-state index contributed by atoms with van der Waals surface area (Å²) in [4.78, 5) is 10.6. The van der Waals surface area contributed by atoms with Gasteiger partial charge in [0.1, 0.15) is 0 Å². The number of carboxylic acid groups (broad SMARTS) is 1. The summed E-state index contributed by atoms with van der Waals surface area (Å²) in [6.45, 7) is 0.671. The first kappa shape index (κ1) is 9.00. The van der Waals surface area contributed by atoms with E-state index in [1.54, 1.807) is 0 Å². The standard InChI is InChI=1S/C10H16O3/c11-9(12)8-3-6-10(7-13-8)4-1-2-5-10/h8H,1-7H2,(H,11,12). The molecule has 1 saturated carbocycles. The molecule has 1 aliphatic carbocycles. The Balaban J connectivity index is 1.91. The third-order valence-corrected chi connectivity index (χ3v) is 3.47. The van der Waals surface area contributed by atoms with Gasteiger partial charge in [-0.3, -0.25) is 0 Å². The van der Waals surface area contributed by atoms with Crippen LogP contribution in [0, 0.1) is 5.41 Å². The van der Waals surface area contributed by atoms with E-state index in [1.807, 2.05) is 0 Å². The Kier molecular flexibility index (Phi) is 2.28. The van der Waals surface area contributed by atoms with Crippen molar-refractivity contribution in [1.29, 1.82) is 0 Å². The zero-order chi connectivity index (χ0) is 9.31. The molecule has 0 aromatic heterocycles. The molecule has 13 heavy (non-hydrogen) atoms. The van der Waals surface area contributed by atoms with Crippen molar-refractivity contribution in [2.45, 2.75) is 44.6 Å². The Bertz CT molecular complexity index is 196. The average molecular weight is 184 g/mol. The number of carbonyl (C=O) groups is 1. The van der Waals surface area contributed by atoms with Crippen LogP contribution in [0.2, 0.25) is 0 Å². The van der Waals surface area contributed by atoms with Gasteiger partial charge in [-0.1, -0.05) is 12.8 Å². The van der Waals surface area contributed by atoms with Crippen LogP contribution in [0.5, 0.6) is 0 Å². The molecule has 0 aromatic carbocycles. The molecule has 1 heterocycles. The van der Waals surface area contributed by atoms with Crippen molar-refractivity contribution in [3.05, 3.63) is 0 Å². The summed E-state index contributed by atoms with van der Waals surface area (Å²) >= 11 is 0. The summed E-state index contributed by atoms with van der Waals surface area (Å²) in [6.07, 6.45) is 6.27. The molecular weight excluding hydrogens is 168 g/mol. The minimum Gasteiger partial charge on any atom is -0.479 e. The first-order valence-corrected chi connectivity index (χ1v) is 5.06. The molecule has 2 rings (SSSR count). The van der Waals surface area contributed by atoms with Gasteiger partial charge < -0.3 is 9.84 Å². The summed E-state index contributed by atoms with van der Waals surface area (Å²) < 4.78 is 5.38. The van der Waals surface area contributed by atoms with E-state index in [2.05, 4.69) is 0 Å². The fourth-order valence-corrected chi connectivity index (χ4v) is 2.58. The molecule has 0 amide bonds. The highest BCUT2D eigenvalue weighted by Gasteiger charge is 2.39. The van der Waals surface area contributed by atoms with Gasteiger partial charge in [-0.05, 0) is 31.1 Å². The number of aliphatic carboxylic acids is 1. The van der Waals surface area contributed by atoms with Crippen LogP contribution in [0.3, 0.4) is 0 Å². The molecule has 1 unspecified atom stereocenters. The Morgan fingerprint density at radius 1 is 1.31 bits per heavy atom. The van der Waals surface area contributed by atoms with Gasteiger partial charge in [0.15, 0.2) is 6.10 Å². The van der Waals surface area contributed by atoms with E-state index in [-0.39, 0.29) is 0 Å². The lowest BCUT2D eigenvalue weighted by Crippen LogP contribution is -2.37. The molecule has 1 atom stereocenters. The van der Waals surface area contributed by atoms with Gasteiger partial charge in [0, 0.05) is 0 Å². The second kappa shape index (κ2) is 3.29. The second-order valence-electron chi connectivity index (χ2n) is 4.38. The molecule has 1 spiro atoms. The van der Waals surface area contributed by atoms with Crippen LogP contribution in [-0.2, 0) is 9.53 Å². The molecule has 0 radical (unpaired) electrons. The van der Waals surface area contributed by atoms with Crippen molar-refractivity contribution in [3.63, 3.8) is 0 Å².